The van der Waals surface area contributed by atoms with Gasteiger partial charge in [0.2, 0.25) is 15.9 Å². The number of anilines is 1. The number of halogens is 1. The lowest BCUT2D eigenvalue weighted by Gasteiger charge is -2.30. The zero-order chi connectivity index (χ0) is 22.1. The Morgan fingerprint density at radius 2 is 1.55 bits per heavy atom. The second-order valence-electron chi connectivity index (χ2n) is 7.69. The molecule has 0 saturated carbocycles. The van der Waals surface area contributed by atoms with Gasteiger partial charge in [-0.05, 0) is 81.5 Å². The maximum absolute atomic E-state index is 13.0. The second kappa shape index (κ2) is 8.76. The molecule has 0 aliphatic heterocycles. The molecule has 0 radical (unpaired) electrons. The molecule has 0 aliphatic carbocycles. The maximum atomic E-state index is 13.0. The van der Waals surface area contributed by atoms with E-state index < -0.39 is 16.1 Å². The lowest BCUT2D eigenvalue weighted by Crippen LogP contribution is -2.48. The van der Waals surface area contributed by atoms with Crippen molar-refractivity contribution in [3.8, 4) is 0 Å². The van der Waals surface area contributed by atoms with Crippen molar-refractivity contribution in [2.24, 2.45) is 0 Å². The summed E-state index contributed by atoms with van der Waals surface area (Å²) in [5, 5.41) is 3.40. The molecule has 0 fully saturated rings. The standard InChI is InChI=1S/C22H29ClN2O3S/c1-13-8-9-19(12-21(13)23)25(29(7,27)28)18(6)22(26)24-17(5)20-11-15(3)14(2)10-16(20)4/h8-12,17-18H,1-7H3,(H,24,26). The zero-order valence-corrected chi connectivity index (χ0v) is 19.6. The van der Waals surface area contributed by atoms with E-state index in [0.29, 0.717) is 10.7 Å². The predicted molar refractivity (Wildman–Crippen MR) is 120 cm³/mol. The number of carbonyl (C=O) groups is 1. The molecule has 158 valence electrons. The smallest absolute Gasteiger partial charge is 0.244 e. The number of benzene rings is 2. The quantitative estimate of drug-likeness (QED) is 0.719. The summed E-state index contributed by atoms with van der Waals surface area (Å²) in [5.41, 5.74) is 5.63. The highest BCUT2D eigenvalue weighted by molar-refractivity contribution is 7.92. The largest absolute Gasteiger partial charge is 0.348 e. The van der Waals surface area contributed by atoms with Gasteiger partial charge in [-0.3, -0.25) is 9.10 Å². The average molecular weight is 437 g/mol. The van der Waals surface area contributed by atoms with Gasteiger partial charge in [-0.2, -0.15) is 0 Å². The Balaban J connectivity index is 2.32. The van der Waals surface area contributed by atoms with Gasteiger partial charge in [-0.25, -0.2) is 8.42 Å². The fourth-order valence-corrected chi connectivity index (χ4v) is 4.73. The van der Waals surface area contributed by atoms with Crippen molar-refractivity contribution >= 4 is 33.2 Å². The number of hydrogen-bond acceptors (Lipinski definition) is 3. The summed E-state index contributed by atoms with van der Waals surface area (Å²) in [6.07, 6.45) is 1.08. The van der Waals surface area contributed by atoms with Crippen molar-refractivity contribution in [2.45, 2.75) is 53.6 Å². The number of sulfonamides is 1. The zero-order valence-electron chi connectivity index (χ0n) is 18.0. The molecule has 29 heavy (non-hydrogen) atoms. The van der Waals surface area contributed by atoms with Crippen LogP contribution in [0, 0.1) is 27.7 Å². The first-order valence-corrected chi connectivity index (χ1v) is 11.7. The van der Waals surface area contributed by atoms with E-state index in [-0.39, 0.29) is 11.9 Å². The van der Waals surface area contributed by atoms with E-state index in [0.717, 1.165) is 32.8 Å². The third-order valence-electron chi connectivity index (χ3n) is 5.21. The summed E-state index contributed by atoms with van der Waals surface area (Å²) in [5.74, 6) is -0.378. The number of nitrogens with zero attached hydrogens (tertiary/aromatic N) is 1. The van der Waals surface area contributed by atoms with Crippen molar-refractivity contribution < 1.29 is 13.2 Å². The molecule has 0 saturated heterocycles. The van der Waals surface area contributed by atoms with Crippen molar-refractivity contribution in [1.29, 1.82) is 0 Å². The van der Waals surface area contributed by atoms with Crippen molar-refractivity contribution in [2.75, 3.05) is 10.6 Å². The van der Waals surface area contributed by atoms with Crippen molar-refractivity contribution in [3.63, 3.8) is 0 Å². The van der Waals surface area contributed by atoms with E-state index in [1.165, 1.54) is 5.56 Å². The van der Waals surface area contributed by atoms with Gasteiger partial charge in [0.25, 0.3) is 0 Å². The van der Waals surface area contributed by atoms with Crippen molar-refractivity contribution in [1.82, 2.24) is 5.32 Å². The normalized spacial score (nSPS) is 13.7. The van der Waals surface area contributed by atoms with Crippen LogP contribution < -0.4 is 9.62 Å². The topological polar surface area (TPSA) is 66.5 Å². The van der Waals surface area contributed by atoms with Crippen LogP contribution >= 0.6 is 11.6 Å². The third-order valence-corrected chi connectivity index (χ3v) is 6.85. The minimum Gasteiger partial charge on any atom is -0.348 e. The van der Waals surface area contributed by atoms with Crippen molar-refractivity contribution in [3.05, 3.63) is 63.2 Å². The third kappa shape index (κ3) is 5.31. The molecule has 2 rings (SSSR count). The van der Waals surface area contributed by atoms with E-state index in [4.69, 9.17) is 11.6 Å². The average Bonchev–Trinajstić information content (AvgIpc) is 2.59. The monoisotopic (exact) mass is 436 g/mol. The van der Waals surface area contributed by atoms with Crippen LogP contribution in [0.15, 0.2) is 30.3 Å². The van der Waals surface area contributed by atoms with Crippen LogP contribution in [0.3, 0.4) is 0 Å². The lowest BCUT2D eigenvalue weighted by atomic mass is 9.96. The minimum absolute atomic E-state index is 0.257. The fraction of sp³-hybridized carbons (Fsp3) is 0.409. The molecule has 1 N–H and O–H groups in total. The molecule has 2 aromatic carbocycles. The fourth-order valence-electron chi connectivity index (χ4n) is 3.39. The molecule has 1 amide bonds. The van der Waals surface area contributed by atoms with Crippen LogP contribution in [0.25, 0.3) is 0 Å². The van der Waals surface area contributed by atoms with Gasteiger partial charge in [0.1, 0.15) is 6.04 Å². The first kappa shape index (κ1) is 23.2. The molecule has 2 aromatic rings. The Kier molecular flexibility index (Phi) is 7.01. The van der Waals surface area contributed by atoms with Crippen LogP contribution in [0.5, 0.6) is 0 Å². The highest BCUT2D eigenvalue weighted by Gasteiger charge is 2.30. The van der Waals surface area contributed by atoms with E-state index in [2.05, 4.69) is 17.4 Å². The molecule has 5 nitrogen and oxygen atoms in total. The molecule has 0 aliphatic rings. The molecular formula is C22H29ClN2O3S. The number of aryl methyl sites for hydroxylation is 4. The van der Waals surface area contributed by atoms with Crippen LogP contribution in [0.2, 0.25) is 5.02 Å². The van der Waals surface area contributed by atoms with E-state index in [1.807, 2.05) is 34.6 Å². The number of hydrogen-bond donors (Lipinski definition) is 1. The van der Waals surface area contributed by atoms with E-state index in [9.17, 15) is 13.2 Å². The van der Waals surface area contributed by atoms with Crippen LogP contribution in [-0.4, -0.2) is 26.6 Å². The highest BCUT2D eigenvalue weighted by Crippen LogP contribution is 2.27. The summed E-state index contributed by atoms with van der Waals surface area (Å²) in [6.45, 7) is 11.4. The summed E-state index contributed by atoms with van der Waals surface area (Å²) < 4.78 is 26.0. The number of carbonyl (C=O) groups excluding carboxylic acids is 1. The van der Waals surface area contributed by atoms with Gasteiger partial charge in [0, 0.05) is 5.02 Å². The van der Waals surface area contributed by atoms with Gasteiger partial charge in [0.05, 0.1) is 18.0 Å². The summed E-state index contributed by atoms with van der Waals surface area (Å²) in [7, 11) is -3.70. The lowest BCUT2D eigenvalue weighted by molar-refractivity contribution is -0.122. The van der Waals surface area contributed by atoms with Crippen LogP contribution in [0.1, 0.15) is 47.7 Å². The molecule has 0 bridgehead atoms. The molecule has 7 heteroatoms. The molecule has 0 aromatic heterocycles. The minimum atomic E-state index is -3.70. The second-order valence-corrected chi connectivity index (χ2v) is 9.96. The molecule has 2 unspecified atom stereocenters. The number of nitrogens with one attached hydrogen (secondary N) is 1. The maximum Gasteiger partial charge on any atom is 0.244 e. The summed E-state index contributed by atoms with van der Waals surface area (Å²) in [6, 6.07) is 7.93. The Labute approximate surface area is 179 Å². The molecular weight excluding hydrogens is 408 g/mol. The molecule has 0 heterocycles. The van der Waals surface area contributed by atoms with E-state index in [1.54, 1.807) is 25.1 Å². The predicted octanol–water partition coefficient (Wildman–Crippen LogP) is 4.61. The van der Waals surface area contributed by atoms with Crippen LogP contribution in [-0.2, 0) is 14.8 Å². The summed E-state index contributed by atoms with van der Waals surface area (Å²) in [4.78, 5) is 13.0. The Hall–Kier alpha value is -2.05. The van der Waals surface area contributed by atoms with Gasteiger partial charge in [-0.15, -0.1) is 0 Å². The summed E-state index contributed by atoms with van der Waals surface area (Å²) >= 11 is 6.18. The van der Waals surface area contributed by atoms with Gasteiger partial charge >= 0.3 is 0 Å². The Bertz CT molecular complexity index is 1030. The van der Waals surface area contributed by atoms with Gasteiger partial charge in [-0.1, -0.05) is 29.8 Å². The van der Waals surface area contributed by atoms with Gasteiger partial charge in [0.15, 0.2) is 0 Å². The molecule has 2 atom stereocenters. The van der Waals surface area contributed by atoms with Crippen LogP contribution in [0.4, 0.5) is 5.69 Å². The number of amides is 1. The first-order chi connectivity index (χ1) is 13.3. The Morgan fingerprint density at radius 3 is 2.10 bits per heavy atom. The molecule has 0 spiro atoms. The SMILES string of the molecule is Cc1cc(C)c(C(C)NC(=O)C(C)N(c2ccc(C)c(Cl)c2)S(C)(=O)=O)cc1C. The Morgan fingerprint density at radius 1 is 0.966 bits per heavy atom. The highest BCUT2D eigenvalue weighted by atomic mass is 35.5. The van der Waals surface area contributed by atoms with E-state index >= 15 is 0 Å². The first-order valence-electron chi connectivity index (χ1n) is 9.46. The van der Waals surface area contributed by atoms with Gasteiger partial charge < -0.3 is 5.32 Å². The number of rotatable bonds is 6.